The minimum Gasteiger partial charge on any atom is -0.481 e. The number of carbonyl (C=O) groups is 4. The Bertz CT molecular complexity index is 677. The fourth-order valence-electron chi connectivity index (χ4n) is 5.24. The lowest BCUT2D eigenvalue weighted by molar-refractivity contribution is -0.184. The van der Waals surface area contributed by atoms with Crippen molar-refractivity contribution in [3.63, 3.8) is 0 Å². The van der Waals surface area contributed by atoms with Crippen molar-refractivity contribution in [1.82, 2.24) is 0 Å². The average Bonchev–Trinajstić information content (AvgIpc) is 2.84. The molecule has 3 unspecified atom stereocenters. The van der Waals surface area contributed by atoms with E-state index in [1.807, 2.05) is 0 Å². The van der Waals surface area contributed by atoms with Crippen LogP contribution < -0.4 is 0 Å². The van der Waals surface area contributed by atoms with Gasteiger partial charge in [0.2, 0.25) is 0 Å². The first-order chi connectivity index (χ1) is 18.1. The number of aliphatic hydroxyl groups is 1. The Morgan fingerprint density at radius 3 is 1.37 bits per heavy atom. The first-order valence-corrected chi connectivity index (χ1v) is 15.0. The maximum atomic E-state index is 13.1. The number of unbranched alkanes of at least 4 members (excludes halogenated alkanes) is 16. The van der Waals surface area contributed by atoms with E-state index in [-0.39, 0.29) is 12.8 Å². The highest BCUT2D eigenvalue weighted by atomic mass is 16.4. The van der Waals surface area contributed by atoms with Gasteiger partial charge in [0.25, 0.3) is 0 Å². The number of ketones is 1. The minimum atomic E-state index is -3.06. The minimum absolute atomic E-state index is 0.0966. The second-order valence-electron chi connectivity index (χ2n) is 10.9. The van der Waals surface area contributed by atoms with Crippen LogP contribution in [0.1, 0.15) is 149 Å². The number of carboxylic acid groups (broad SMARTS) is 3. The molecule has 0 aliphatic heterocycles. The molecule has 4 N–H and O–H groups in total. The van der Waals surface area contributed by atoms with Crippen molar-refractivity contribution in [3.05, 3.63) is 0 Å². The van der Waals surface area contributed by atoms with Crippen LogP contribution in [0.4, 0.5) is 0 Å². The van der Waals surface area contributed by atoms with E-state index in [4.69, 9.17) is 0 Å². The summed E-state index contributed by atoms with van der Waals surface area (Å²) in [6, 6.07) is 0. The van der Waals surface area contributed by atoms with Crippen LogP contribution >= 0.6 is 0 Å². The summed E-state index contributed by atoms with van der Waals surface area (Å²) in [5.41, 5.74) is -3.06. The highest BCUT2D eigenvalue weighted by Crippen LogP contribution is 2.34. The fourth-order valence-corrected chi connectivity index (χ4v) is 5.24. The molecule has 0 heterocycles. The standard InChI is InChI=1S/C30H54O8/c1-3-5-7-9-10-11-12-13-14-15-16-18-19-21-24(25(31)22-20-17-8-6-4-2)27(28(34)35)30(38,29(36)37)23-26(32)33/h24,27,38H,3-23H2,1-2H3,(H,32,33)(H,34,35)(H,36,37). The fraction of sp³-hybridized carbons (Fsp3) is 0.867. The van der Waals surface area contributed by atoms with Crippen molar-refractivity contribution < 1.29 is 39.6 Å². The Morgan fingerprint density at radius 2 is 1.00 bits per heavy atom. The summed E-state index contributed by atoms with van der Waals surface area (Å²) in [6.45, 7) is 4.29. The molecule has 0 aromatic heterocycles. The van der Waals surface area contributed by atoms with Crippen molar-refractivity contribution in [1.29, 1.82) is 0 Å². The first-order valence-electron chi connectivity index (χ1n) is 15.0. The van der Waals surface area contributed by atoms with Crippen molar-refractivity contribution in [2.24, 2.45) is 11.8 Å². The number of hydrogen-bond donors (Lipinski definition) is 4. The molecule has 0 radical (unpaired) electrons. The van der Waals surface area contributed by atoms with Crippen molar-refractivity contribution in [2.75, 3.05) is 0 Å². The number of aliphatic carboxylic acids is 3. The van der Waals surface area contributed by atoms with E-state index < -0.39 is 47.5 Å². The van der Waals surface area contributed by atoms with Gasteiger partial charge in [-0.2, -0.15) is 0 Å². The van der Waals surface area contributed by atoms with Gasteiger partial charge in [-0.1, -0.05) is 123 Å². The molecule has 8 nitrogen and oxygen atoms in total. The van der Waals surface area contributed by atoms with Gasteiger partial charge in [-0.15, -0.1) is 0 Å². The van der Waals surface area contributed by atoms with Gasteiger partial charge < -0.3 is 20.4 Å². The zero-order chi connectivity index (χ0) is 28.8. The maximum absolute atomic E-state index is 13.1. The molecule has 0 saturated carbocycles. The molecule has 38 heavy (non-hydrogen) atoms. The summed E-state index contributed by atoms with van der Waals surface area (Å²) in [4.78, 5) is 48.4. The smallest absolute Gasteiger partial charge is 0.337 e. The maximum Gasteiger partial charge on any atom is 0.337 e. The molecule has 222 valence electrons. The van der Waals surface area contributed by atoms with Crippen molar-refractivity contribution >= 4 is 23.7 Å². The zero-order valence-corrected chi connectivity index (χ0v) is 23.9. The topological polar surface area (TPSA) is 149 Å². The molecule has 0 saturated heterocycles. The lowest BCUT2D eigenvalue weighted by Crippen LogP contribution is -2.55. The monoisotopic (exact) mass is 542 g/mol. The molecule has 0 aliphatic rings. The summed E-state index contributed by atoms with van der Waals surface area (Å²) in [5, 5.41) is 39.4. The zero-order valence-electron chi connectivity index (χ0n) is 23.9. The van der Waals surface area contributed by atoms with Gasteiger partial charge in [-0.3, -0.25) is 14.4 Å². The number of rotatable bonds is 27. The SMILES string of the molecule is CCCCCCCCCCCCCCCC(C(=O)CCCCCCC)C(C(=O)O)C(O)(CC(=O)O)C(=O)O. The third-order valence-corrected chi connectivity index (χ3v) is 7.53. The molecular weight excluding hydrogens is 488 g/mol. The Hall–Kier alpha value is -1.96. The van der Waals surface area contributed by atoms with E-state index in [1.165, 1.54) is 51.4 Å². The highest BCUT2D eigenvalue weighted by Gasteiger charge is 2.54. The van der Waals surface area contributed by atoms with Crippen LogP contribution in [-0.4, -0.2) is 49.7 Å². The Morgan fingerprint density at radius 1 is 0.605 bits per heavy atom. The second-order valence-corrected chi connectivity index (χ2v) is 10.9. The molecule has 8 heteroatoms. The van der Waals surface area contributed by atoms with Gasteiger partial charge in [0.15, 0.2) is 5.60 Å². The van der Waals surface area contributed by atoms with Gasteiger partial charge in [0.05, 0.1) is 6.42 Å². The second kappa shape index (κ2) is 21.9. The van der Waals surface area contributed by atoms with Gasteiger partial charge in [0.1, 0.15) is 11.7 Å². The van der Waals surface area contributed by atoms with Gasteiger partial charge in [0, 0.05) is 12.3 Å². The first kappa shape index (κ1) is 36.0. The molecular formula is C30H54O8. The van der Waals surface area contributed by atoms with Crippen LogP contribution in [0.25, 0.3) is 0 Å². The molecule has 3 atom stereocenters. The summed E-state index contributed by atoms with van der Waals surface area (Å²) in [5.74, 6) is -8.89. The molecule has 0 aliphatic carbocycles. The van der Waals surface area contributed by atoms with Gasteiger partial charge in [-0.25, -0.2) is 4.79 Å². The lowest BCUT2D eigenvalue weighted by Gasteiger charge is -2.33. The number of Topliss-reactive ketones (excluding diaryl/α,β-unsaturated/α-hetero) is 1. The quantitative estimate of drug-likeness (QED) is 0.0810. The van der Waals surface area contributed by atoms with Gasteiger partial charge in [-0.05, 0) is 12.8 Å². The molecule has 0 bridgehead atoms. The van der Waals surface area contributed by atoms with E-state index in [0.29, 0.717) is 12.8 Å². The van der Waals surface area contributed by atoms with Crippen molar-refractivity contribution in [3.8, 4) is 0 Å². The summed E-state index contributed by atoms with van der Waals surface area (Å²) in [7, 11) is 0. The summed E-state index contributed by atoms with van der Waals surface area (Å²) >= 11 is 0. The molecule has 0 spiro atoms. The van der Waals surface area contributed by atoms with E-state index in [1.54, 1.807) is 0 Å². The normalized spacial score (nSPS) is 14.5. The molecule has 0 aromatic carbocycles. The predicted molar refractivity (Wildman–Crippen MR) is 148 cm³/mol. The highest BCUT2D eigenvalue weighted by molar-refractivity contribution is 5.94. The van der Waals surface area contributed by atoms with Crippen molar-refractivity contribution in [2.45, 2.75) is 154 Å². The molecule has 0 fully saturated rings. The van der Waals surface area contributed by atoms with Crippen LogP contribution in [0.15, 0.2) is 0 Å². The van der Waals surface area contributed by atoms with Crippen LogP contribution in [0.5, 0.6) is 0 Å². The Balaban J connectivity index is 4.95. The lowest BCUT2D eigenvalue weighted by atomic mass is 9.71. The number of carbonyl (C=O) groups excluding carboxylic acids is 1. The number of hydrogen-bond acceptors (Lipinski definition) is 5. The van der Waals surface area contributed by atoms with E-state index in [9.17, 15) is 39.6 Å². The van der Waals surface area contributed by atoms with E-state index >= 15 is 0 Å². The molecule has 0 aromatic rings. The van der Waals surface area contributed by atoms with Crippen LogP contribution in [0.3, 0.4) is 0 Å². The van der Waals surface area contributed by atoms with Crippen LogP contribution in [0.2, 0.25) is 0 Å². The van der Waals surface area contributed by atoms with E-state index in [0.717, 1.165) is 51.4 Å². The number of carboxylic acids is 3. The Kier molecular flexibility index (Phi) is 20.8. The third-order valence-electron chi connectivity index (χ3n) is 7.53. The predicted octanol–water partition coefficient (Wildman–Crippen LogP) is 7.00. The van der Waals surface area contributed by atoms with Gasteiger partial charge >= 0.3 is 17.9 Å². The third kappa shape index (κ3) is 15.5. The van der Waals surface area contributed by atoms with E-state index in [2.05, 4.69) is 13.8 Å². The summed E-state index contributed by atoms with van der Waals surface area (Å²) in [6.07, 6.45) is 17.9. The average molecular weight is 543 g/mol. The largest absolute Gasteiger partial charge is 0.481 e. The van der Waals surface area contributed by atoms with Crippen LogP contribution in [0, 0.1) is 11.8 Å². The Labute approximate surface area is 229 Å². The van der Waals surface area contributed by atoms with Crippen LogP contribution in [-0.2, 0) is 19.2 Å². The molecule has 0 rings (SSSR count). The molecule has 0 amide bonds. The summed E-state index contributed by atoms with van der Waals surface area (Å²) < 4.78 is 0.